The van der Waals surface area contributed by atoms with Gasteiger partial charge in [-0.2, -0.15) is 0 Å². The van der Waals surface area contributed by atoms with Crippen LogP contribution in [0.1, 0.15) is 37.9 Å². The number of piperidine rings is 1. The molecule has 0 radical (unpaired) electrons. The minimum atomic E-state index is -3.33. The minimum absolute atomic E-state index is 0.104. The Hall–Kier alpha value is -3.96. The van der Waals surface area contributed by atoms with Crippen molar-refractivity contribution in [2.75, 3.05) is 35.9 Å². The second-order valence-electron chi connectivity index (χ2n) is 10.6. The minimum Gasteiger partial charge on any atom is -0.439 e. The van der Waals surface area contributed by atoms with Crippen molar-refractivity contribution in [3.8, 4) is 11.6 Å². The van der Waals surface area contributed by atoms with Gasteiger partial charge in [-0.1, -0.05) is 17.7 Å². The number of likely N-dealkylation sites (tertiary alicyclic amines) is 1. The van der Waals surface area contributed by atoms with Crippen molar-refractivity contribution in [2.24, 2.45) is 0 Å². The second-order valence-corrected chi connectivity index (χ2v) is 12.3. The number of amides is 2. The third-order valence-corrected chi connectivity index (χ3v) is 7.31. The van der Waals surface area contributed by atoms with Crippen LogP contribution in [0, 0.1) is 6.92 Å². The van der Waals surface area contributed by atoms with E-state index in [9.17, 15) is 13.2 Å². The molecular weight excluding hydrogens is 540 g/mol. The molecule has 1 aliphatic rings. The molecule has 11 heteroatoms. The molecular formula is C30H38N6O4S. The number of allylic oxidation sites excluding steroid dienone is 1. The van der Waals surface area contributed by atoms with Gasteiger partial charge in [-0.25, -0.2) is 18.2 Å². The largest absolute Gasteiger partial charge is 0.439 e. The molecule has 2 amide bonds. The predicted octanol–water partition coefficient (Wildman–Crippen LogP) is 5.41. The highest BCUT2D eigenvalue weighted by Gasteiger charge is 2.27. The highest BCUT2D eigenvalue weighted by atomic mass is 32.2. The van der Waals surface area contributed by atoms with Gasteiger partial charge < -0.3 is 15.0 Å². The third kappa shape index (κ3) is 9.58. The molecule has 0 aliphatic carbocycles. The van der Waals surface area contributed by atoms with Gasteiger partial charge >= 0.3 is 6.03 Å². The quantitative estimate of drug-likeness (QED) is 0.309. The van der Waals surface area contributed by atoms with Gasteiger partial charge in [0.2, 0.25) is 15.9 Å². The number of aromatic nitrogens is 2. The van der Waals surface area contributed by atoms with Crippen LogP contribution in [0.5, 0.6) is 11.6 Å². The lowest BCUT2D eigenvalue weighted by atomic mass is 10.0. The number of nitrogens with zero attached hydrogens (tertiary/aromatic N) is 4. The fraction of sp³-hybridized carbons (Fsp3) is 0.367. The van der Waals surface area contributed by atoms with E-state index in [0.717, 1.165) is 50.0 Å². The molecule has 41 heavy (non-hydrogen) atoms. The Morgan fingerprint density at radius 1 is 1.02 bits per heavy atom. The monoisotopic (exact) mass is 578 g/mol. The van der Waals surface area contributed by atoms with Gasteiger partial charge in [0, 0.05) is 55.9 Å². The van der Waals surface area contributed by atoms with Crippen LogP contribution in [0.2, 0.25) is 0 Å². The number of rotatable bonds is 10. The Morgan fingerprint density at radius 3 is 2.32 bits per heavy atom. The van der Waals surface area contributed by atoms with Gasteiger partial charge in [-0.3, -0.25) is 14.6 Å². The number of nitrogens with one attached hydrogen (secondary N) is 2. The molecule has 0 spiro atoms. The maximum absolute atomic E-state index is 13.2. The molecule has 1 saturated heterocycles. The van der Waals surface area contributed by atoms with Crippen molar-refractivity contribution in [3.05, 3.63) is 83.8 Å². The maximum atomic E-state index is 13.2. The average Bonchev–Trinajstić information content (AvgIpc) is 2.92. The SMILES string of the molecule is CC(C)=CCN(C(=O)Nc1ccc(C)nc1)C1CCN(Cc2ccc(Oc3ccc(NS(C)(=O)=O)cc3)nc2)CC1. The van der Waals surface area contributed by atoms with E-state index in [0.29, 0.717) is 29.5 Å². The Bertz CT molecular complexity index is 1430. The molecule has 0 saturated carbocycles. The highest BCUT2D eigenvalue weighted by molar-refractivity contribution is 7.92. The predicted molar refractivity (Wildman–Crippen MR) is 162 cm³/mol. The fourth-order valence-corrected chi connectivity index (χ4v) is 5.12. The van der Waals surface area contributed by atoms with Gasteiger partial charge in [0.15, 0.2) is 0 Å². The van der Waals surface area contributed by atoms with Crippen molar-refractivity contribution in [2.45, 2.75) is 46.2 Å². The van der Waals surface area contributed by atoms with E-state index >= 15 is 0 Å². The van der Waals surface area contributed by atoms with Gasteiger partial charge in [0.25, 0.3) is 0 Å². The number of pyridine rings is 2. The van der Waals surface area contributed by atoms with Crippen molar-refractivity contribution in [3.63, 3.8) is 0 Å². The highest BCUT2D eigenvalue weighted by Crippen LogP contribution is 2.24. The van der Waals surface area contributed by atoms with Crippen molar-refractivity contribution in [1.82, 2.24) is 19.8 Å². The first-order valence-corrected chi connectivity index (χ1v) is 15.5. The van der Waals surface area contributed by atoms with E-state index in [1.807, 2.05) is 56.1 Å². The Kier molecular flexibility index (Phi) is 9.95. The molecule has 1 aromatic carbocycles. The maximum Gasteiger partial charge on any atom is 0.322 e. The van der Waals surface area contributed by atoms with Crippen LogP contribution < -0.4 is 14.8 Å². The lowest BCUT2D eigenvalue weighted by Crippen LogP contribution is -2.48. The summed E-state index contributed by atoms with van der Waals surface area (Å²) in [5.74, 6) is 1.02. The van der Waals surface area contributed by atoms with Crippen LogP contribution in [-0.4, -0.2) is 66.1 Å². The van der Waals surface area contributed by atoms with Crippen molar-refractivity contribution in [1.29, 1.82) is 0 Å². The molecule has 218 valence electrons. The lowest BCUT2D eigenvalue weighted by molar-refractivity contribution is 0.129. The number of aryl methyl sites for hydroxylation is 1. The molecule has 2 aromatic heterocycles. The van der Waals surface area contributed by atoms with Crippen molar-refractivity contribution < 1.29 is 17.9 Å². The lowest BCUT2D eigenvalue weighted by Gasteiger charge is -2.38. The number of sulfonamides is 1. The van der Waals surface area contributed by atoms with Crippen LogP contribution >= 0.6 is 0 Å². The number of hydrogen-bond donors (Lipinski definition) is 2. The zero-order valence-electron chi connectivity index (χ0n) is 24.0. The van der Waals surface area contributed by atoms with Crippen molar-refractivity contribution >= 4 is 27.4 Å². The Labute approximate surface area is 242 Å². The van der Waals surface area contributed by atoms with E-state index in [1.54, 1.807) is 30.5 Å². The zero-order chi connectivity index (χ0) is 29.4. The molecule has 2 N–H and O–H groups in total. The van der Waals surface area contributed by atoms with Crippen LogP contribution in [0.4, 0.5) is 16.2 Å². The van der Waals surface area contributed by atoms with Crippen LogP contribution in [0.15, 0.2) is 72.6 Å². The summed E-state index contributed by atoms with van der Waals surface area (Å²) >= 11 is 0. The van der Waals surface area contributed by atoms with Gasteiger partial charge in [-0.05, 0) is 75.6 Å². The smallest absolute Gasteiger partial charge is 0.322 e. The van der Waals surface area contributed by atoms with E-state index in [1.165, 1.54) is 5.57 Å². The number of hydrogen-bond acceptors (Lipinski definition) is 7. The summed E-state index contributed by atoms with van der Waals surface area (Å²) in [4.78, 5) is 26.2. The normalized spacial score (nSPS) is 14.2. The molecule has 3 heterocycles. The summed E-state index contributed by atoms with van der Waals surface area (Å²) in [7, 11) is -3.33. The first-order valence-electron chi connectivity index (χ1n) is 13.6. The zero-order valence-corrected chi connectivity index (χ0v) is 24.8. The summed E-state index contributed by atoms with van der Waals surface area (Å²) in [6, 6.07) is 14.3. The molecule has 1 aliphatic heterocycles. The molecule has 4 rings (SSSR count). The van der Waals surface area contributed by atoms with E-state index in [-0.39, 0.29) is 12.1 Å². The average molecular weight is 579 g/mol. The standard InChI is InChI=1S/C30H38N6O4S/c1-22(2)13-18-36(30(37)33-26-7-5-23(3)31-20-26)27-14-16-35(17-15-27)21-24-6-12-29(32-19-24)40-28-10-8-25(9-11-28)34-41(4,38)39/h5-13,19-20,27,34H,14-18,21H2,1-4H3,(H,33,37). The first-order chi connectivity index (χ1) is 19.5. The number of anilines is 2. The molecule has 3 aromatic rings. The number of carbonyl (C=O) groups excluding carboxylic acids is 1. The summed E-state index contributed by atoms with van der Waals surface area (Å²) in [5.41, 5.74) is 4.33. The van der Waals surface area contributed by atoms with E-state index < -0.39 is 10.0 Å². The summed E-state index contributed by atoms with van der Waals surface area (Å²) in [5, 5.41) is 3.01. The number of benzene rings is 1. The van der Waals surface area contributed by atoms with Crippen LogP contribution in [0.3, 0.4) is 0 Å². The van der Waals surface area contributed by atoms with Crippen LogP contribution in [0.25, 0.3) is 0 Å². The summed E-state index contributed by atoms with van der Waals surface area (Å²) in [6.07, 6.45) is 8.47. The number of ether oxygens (including phenoxy) is 1. The Morgan fingerprint density at radius 2 is 1.73 bits per heavy atom. The molecule has 0 unspecified atom stereocenters. The molecule has 10 nitrogen and oxygen atoms in total. The third-order valence-electron chi connectivity index (χ3n) is 6.70. The molecule has 0 bridgehead atoms. The number of carbonyl (C=O) groups is 1. The Balaban J connectivity index is 1.29. The summed E-state index contributed by atoms with van der Waals surface area (Å²) in [6.45, 7) is 9.09. The van der Waals surface area contributed by atoms with E-state index in [2.05, 4.69) is 31.0 Å². The summed E-state index contributed by atoms with van der Waals surface area (Å²) < 4.78 is 31.0. The number of urea groups is 1. The topological polar surface area (TPSA) is 117 Å². The first kappa shape index (κ1) is 30.0. The molecule has 1 fully saturated rings. The van der Waals surface area contributed by atoms with Gasteiger partial charge in [0.05, 0.1) is 18.1 Å². The van der Waals surface area contributed by atoms with Crippen LogP contribution in [-0.2, 0) is 16.6 Å². The second kappa shape index (κ2) is 13.6. The fourth-order valence-electron chi connectivity index (χ4n) is 4.55. The van der Waals surface area contributed by atoms with Gasteiger partial charge in [-0.15, -0.1) is 0 Å². The molecule has 0 atom stereocenters. The van der Waals surface area contributed by atoms with E-state index in [4.69, 9.17) is 4.74 Å². The van der Waals surface area contributed by atoms with Gasteiger partial charge in [0.1, 0.15) is 5.75 Å².